The Morgan fingerprint density at radius 1 is 1.00 bits per heavy atom. The second-order valence-corrected chi connectivity index (χ2v) is 10.3. The van der Waals surface area contributed by atoms with Crippen molar-refractivity contribution < 1.29 is 17.6 Å². The van der Waals surface area contributed by atoms with Gasteiger partial charge in [-0.05, 0) is 67.6 Å². The normalized spacial score (nSPS) is 18.3. The summed E-state index contributed by atoms with van der Waals surface area (Å²) in [5.74, 6) is -0.412. The Balaban J connectivity index is 1.40. The van der Waals surface area contributed by atoms with Crippen molar-refractivity contribution in [1.29, 1.82) is 0 Å². The Bertz CT molecular complexity index is 1000. The molecule has 1 heterocycles. The molecule has 4 rings (SSSR count). The smallest absolute Gasteiger partial charge is 0.243 e. The summed E-state index contributed by atoms with van der Waals surface area (Å²) >= 11 is 5.86. The first-order valence-electron chi connectivity index (χ1n) is 10.2. The maximum atomic E-state index is 13.2. The van der Waals surface area contributed by atoms with Gasteiger partial charge >= 0.3 is 0 Å². The second-order valence-electron chi connectivity index (χ2n) is 7.96. The summed E-state index contributed by atoms with van der Waals surface area (Å²) in [6.07, 6.45) is 2.96. The molecule has 30 heavy (non-hydrogen) atoms. The van der Waals surface area contributed by atoms with Gasteiger partial charge in [-0.2, -0.15) is 4.31 Å². The zero-order chi connectivity index (χ0) is 21.3. The standard InChI is InChI=1S/C22H24ClFN2O3S/c23-18-3-9-21(10-4-18)30(28,29)25-13-11-17(12-14-25)22(27)26(20-7-8-20)15-16-1-5-19(24)6-2-16/h1-6,9-10,17,20H,7-8,11-15H2. The summed E-state index contributed by atoms with van der Waals surface area (Å²) in [6, 6.07) is 12.6. The SMILES string of the molecule is O=C(C1CCN(S(=O)(=O)c2ccc(Cl)cc2)CC1)N(Cc1ccc(F)cc1)C1CC1. The Morgan fingerprint density at radius 3 is 2.17 bits per heavy atom. The van der Waals surface area contributed by atoms with Gasteiger partial charge in [-0.1, -0.05) is 23.7 Å². The van der Waals surface area contributed by atoms with Crippen molar-refractivity contribution >= 4 is 27.5 Å². The minimum Gasteiger partial charge on any atom is -0.335 e. The molecule has 0 N–H and O–H groups in total. The van der Waals surface area contributed by atoms with E-state index in [-0.39, 0.29) is 28.6 Å². The van der Waals surface area contributed by atoms with Crippen molar-refractivity contribution in [3.05, 3.63) is 64.9 Å². The lowest BCUT2D eigenvalue weighted by Gasteiger charge is -2.34. The lowest BCUT2D eigenvalue weighted by Crippen LogP contribution is -2.44. The molecule has 1 saturated heterocycles. The van der Waals surface area contributed by atoms with Crippen LogP contribution in [0.1, 0.15) is 31.2 Å². The van der Waals surface area contributed by atoms with Crippen LogP contribution in [0.3, 0.4) is 0 Å². The van der Waals surface area contributed by atoms with Crippen LogP contribution in [0.2, 0.25) is 5.02 Å². The zero-order valence-corrected chi connectivity index (χ0v) is 18.1. The third kappa shape index (κ3) is 4.68. The van der Waals surface area contributed by atoms with E-state index < -0.39 is 10.0 Å². The van der Waals surface area contributed by atoms with E-state index in [1.165, 1.54) is 28.6 Å². The fourth-order valence-corrected chi connectivity index (χ4v) is 5.49. The van der Waals surface area contributed by atoms with Crippen molar-refractivity contribution in [2.75, 3.05) is 13.1 Å². The topological polar surface area (TPSA) is 57.7 Å². The Kier molecular flexibility index (Phi) is 6.14. The minimum absolute atomic E-state index is 0.0744. The number of hydrogen-bond acceptors (Lipinski definition) is 3. The monoisotopic (exact) mass is 450 g/mol. The first kappa shape index (κ1) is 21.3. The first-order valence-corrected chi connectivity index (χ1v) is 12.0. The average molecular weight is 451 g/mol. The summed E-state index contributed by atoms with van der Waals surface area (Å²) in [4.78, 5) is 15.3. The van der Waals surface area contributed by atoms with E-state index in [9.17, 15) is 17.6 Å². The maximum Gasteiger partial charge on any atom is 0.243 e. The summed E-state index contributed by atoms with van der Waals surface area (Å²) in [7, 11) is -3.59. The molecule has 0 aromatic heterocycles. The quantitative estimate of drug-likeness (QED) is 0.666. The van der Waals surface area contributed by atoms with Crippen LogP contribution in [0.4, 0.5) is 4.39 Å². The number of rotatable bonds is 6. The highest BCUT2D eigenvalue weighted by Crippen LogP contribution is 2.33. The van der Waals surface area contributed by atoms with E-state index in [1.54, 1.807) is 24.3 Å². The van der Waals surface area contributed by atoms with Gasteiger partial charge in [0.25, 0.3) is 0 Å². The molecular formula is C22H24ClFN2O3S. The fourth-order valence-electron chi connectivity index (χ4n) is 3.89. The number of carbonyl (C=O) groups is 1. The first-order chi connectivity index (χ1) is 14.3. The number of carbonyl (C=O) groups excluding carboxylic acids is 1. The number of amides is 1. The van der Waals surface area contributed by atoms with Gasteiger partial charge < -0.3 is 4.90 Å². The van der Waals surface area contributed by atoms with E-state index in [4.69, 9.17) is 11.6 Å². The van der Waals surface area contributed by atoms with Crippen molar-refractivity contribution in [3.8, 4) is 0 Å². The molecular weight excluding hydrogens is 427 g/mol. The Hall–Kier alpha value is -1.96. The highest BCUT2D eigenvalue weighted by molar-refractivity contribution is 7.89. The maximum absolute atomic E-state index is 13.2. The lowest BCUT2D eigenvalue weighted by atomic mass is 9.96. The average Bonchev–Trinajstić information content (AvgIpc) is 3.58. The van der Waals surface area contributed by atoms with Gasteiger partial charge in [0.15, 0.2) is 0 Å². The molecule has 2 fully saturated rings. The largest absolute Gasteiger partial charge is 0.335 e. The molecule has 0 unspecified atom stereocenters. The number of benzene rings is 2. The molecule has 8 heteroatoms. The van der Waals surface area contributed by atoms with Crippen LogP contribution in [0, 0.1) is 11.7 Å². The highest BCUT2D eigenvalue weighted by atomic mass is 35.5. The van der Waals surface area contributed by atoms with Gasteiger partial charge in [0.1, 0.15) is 5.82 Å². The summed E-state index contributed by atoms with van der Waals surface area (Å²) in [5.41, 5.74) is 0.902. The number of sulfonamides is 1. The van der Waals surface area contributed by atoms with Gasteiger partial charge in [-0.15, -0.1) is 0 Å². The molecule has 1 aliphatic heterocycles. The molecule has 1 amide bonds. The van der Waals surface area contributed by atoms with Crippen molar-refractivity contribution in [2.45, 2.75) is 43.2 Å². The molecule has 1 saturated carbocycles. The number of nitrogens with zero attached hydrogens (tertiary/aromatic N) is 2. The second kappa shape index (κ2) is 8.65. The van der Waals surface area contributed by atoms with Crippen LogP contribution in [0.5, 0.6) is 0 Å². The molecule has 1 aliphatic carbocycles. The molecule has 0 atom stereocenters. The van der Waals surface area contributed by atoms with Crippen LogP contribution in [0.25, 0.3) is 0 Å². The van der Waals surface area contributed by atoms with E-state index in [2.05, 4.69) is 0 Å². The van der Waals surface area contributed by atoms with Crippen LogP contribution >= 0.6 is 11.6 Å². The summed E-state index contributed by atoms with van der Waals surface area (Å²) in [5, 5.41) is 0.486. The minimum atomic E-state index is -3.59. The predicted molar refractivity (Wildman–Crippen MR) is 113 cm³/mol. The Labute approximate surface area is 181 Å². The third-order valence-electron chi connectivity index (χ3n) is 5.79. The molecule has 0 spiro atoms. The van der Waals surface area contributed by atoms with Crippen molar-refractivity contribution in [1.82, 2.24) is 9.21 Å². The van der Waals surface area contributed by atoms with Crippen molar-refractivity contribution in [2.24, 2.45) is 5.92 Å². The Morgan fingerprint density at radius 2 is 1.60 bits per heavy atom. The number of piperidine rings is 1. The molecule has 2 aromatic rings. The molecule has 5 nitrogen and oxygen atoms in total. The third-order valence-corrected chi connectivity index (χ3v) is 7.96. The van der Waals surface area contributed by atoms with E-state index in [0.29, 0.717) is 37.5 Å². The molecule has 0 radical (unpaired) electrons. The zero-order valence-electron chi connectivity index (χ0n) is 16.5. The van der Waals surface area contributed by atoms with Crippen LogP contribution in [-0.2, 0) is 21.4 Å². The van der Waals surface area contributed by atoms with Gasteiger partial charge in [-0.3, -0.25) is 4.79 Å². The van der Waals surface area contributed by atoms with Gasteiger partial charge in [-0.25, -0.2) is 12.8 Å². The summed E-state index contributed by atoms with van der Waals surface area (Å²) < 4.78 is 40.3. The fraction of sp³-hybridized carbons (Fsp3) is 0.409. The molecule has 2 aliphatic rings. The number of hydrogen-bond donors (Lipinski definition) is 0. The van der Waals surface area contributed by atoms with E-state index in [0.717, 1.165) is 18.4 Å². The van der Waals surface area contributed by atoms with E-state index in [1.807, 2.05) is 4.90 Å². The molecule has 2 aromatic carbocycles. The van der Waals surface area contributed by atoms with Gasteiger partial charge in [0.05, 0.1) is 4.90 Å². The van der Waals surface area contributed by atoms with Crippen LogP contribution < -0.4 is 0 Å². The van der Waals surface area contributed by atoms with Gasteiger partial charge in [0, 0.05) is 36.6 Å². The summed E-state index contributed by atoms with van der Waals surface area (Å²) in [6.45, 7) is 1.10. The molecule has 0 bridgehead atoms. The van der Waals surface area contributed by atoms with Crippen LogP contribution in [0.15, 0.2) is 53.4 Å². The van der Waals surface area contributed by atoms with Gasteiger partial charge in [0.2, 0.25) is 15.9 Å². The number of halogens is 2. The van der Waals surface area contributed by atoms with Crippen molar-refractivity contribution in [3.63, 3.8) is 0 Å². The lowest BCUT2D eigenvalue weighted by molar-refractivity contribution is -0.138. The van der Waals surface area contributed by atoms with Crippen LogP contribution in [-0.4, -0.2) is 42.7 Å². The highest BCUT2D eigenvalue weighted by Gasteiger charge is 2.38. The predicted octanol–water partition coefficient (Wildman–Crippen LogP) is 4.07. The molecule has 160 valence electrons. The van der Waals surface area contributed by atoms with E-state index >= 15 is 0 Å².